The number of amides is 12. The van der Waals surface area contributed by atoms with Gasteiger partial charge in [-0.05, 0) is 137 Å². The second-order valence-electron chi connectivity index (χ2n) is 39.4. The zero-order chi connectivity index (χ0) is 106. The molecule has 8 N–H and O–H groups in total. The summed E-state index contributed by atoms with van der Waals surface area (Å²) < 4.78 is 53.4. The van der Waals surface area contributed by atoms with Crippen molar-refractivity contribution in [3.05, 3.63) is 107 Å². The first-order chi connectivity index (χ1) is 67.9. The van der Waals surface area contributed by atoms with E-state index in [9.17, 15) is 72.3 Å². The van der Waals surface area contributed by atoms with Crippen LogP contribution in [-0.2, 0) is 91.4 Å². The molecule has 1 aromatic heterocycles. The third kappa shape index (κ3) is 37.5. The second kappa shape index (κ2) is 61.5. The molecule has 2 aliphatic heterocycles. The van der Waals surface area contributed by atoms with Crippen LogP contribution in [0.25, 0.3) is 11.4 Å². The molecule has 4 aromatic rings. The number of nitrogens with one attached hydrogen (secondary N) is 6. The highest BCUT2D eigenvalue weighted by atomic mass is 31.2. The van der Waals surface area contributed by atoms with E-state index in [4.69, 9.17) is 32.7 Å². The minimum Gasteiger partial charge on any atom is -0.386 e. The molecule has 38 nitrogen and oxygen atoms in total. The zero-order valence-corrected chi connectivity index (χ0v) is 89.8. The Morgan fingerprint density at radius 3 is 1.27 bits per heavy atom. The quantitative estimate of drug-likeness (QED) is 0.0150. The number of benzene rings is 3. The van der Waals surface area contributed by atoms with Gasteiger partial charge in [-0.25, -0.2) is 0 Å². The Morgan fingerprint density at radius 2 is 0.881 bits per heavy atom. The number of hydrogen-bond donors (Lipinski definition) is 8. The lowest BCUT2D eigenvalue weighted by atomic mass is 9.89. The molecule has 0 bridgehead atoms. The summed E-state index contributed by atoms with van der Waals surface area (Å²) in [6.45, 7) is 34.8. The number of likely N-dealkylation sites (tertiary alicyclic amines) is 2. The van der Waals surface area contributed by atoms with Gasteiger partial charge in [0, 0.05) is 115 Å². The molecule has 12 amide bonds. The number of carbonyl (C=O) groups excluding carboxylic acids is 12. The average Bonchev–Trinajstić information content (AvgIpc) is 0.917. The Kier molecular flexibility index (Phi) is 52.4. The minimum absolute atomic E-state index is 0.00396. The van der Waals surface area contributed by atoms with Crippen LogP contribution >= 0.6 is 7.60 Å². The van der Waals surface area contributed by atoms with Crippen LogP contribution in [0.1, 0.15) is 258 Å². The molecule has 3 heterocycles. The summed E-state index contributed by atoms with van der Waals surface area (Å²) in [6.07, 6.45) is 2.82. The normalized spacial score (nSPS) is 17.1. The van der Waals surface area contributed by atoms with Gasteiger partial charge in [0.1, 0.15) is 30.3 Å². The highest BCUT2D eigenvalue weighted by Crippen LogP contribution is 2.50. The predicted molar refractivity (Wildman–Crippen MR) is 543 cm³/mol. The number of aliphatic hydroxyl groups excluding tert-OH is 2. The number of hydrogen-bond acceptors (Lipinski definition) is 26. The lowest BCUT2D eigenvalue weighted by molar-refractivity contribution is -0.147. The van der Waals surface area contributed by atoms with E-state index in [1.165, 1.54) is 42.2 Å². The van der Waals surface area contributed by atoms with E-state index in [1.807, 2.05) is 155 Å². The molecule has 17 atom stereocenters. The molecule has 143 heavy (non-hydrogen) atoms. The van der Waals surface area contributed by atoms with Crippen molar-refractivity contribution in [3.63, 3.8) is 0 Å². The highest BCUT2D eigenvalue weighted by Gasteiger charge is 2.44. The molecular formula is C104H167N16O22P. The summed E-state index contributed by atoms with van der Waals surface area (Å²) in [5.74, 6) is -6.90. The van der Waals surface area contributed by atoms with E-state index in [0.717, 1.165) is 25.7 Å². The van der Waals surface area contributed by atoms with Crippen LogP contribution in [-0.4, -0.2) is 325 Å². The minimum atomic E-state index is -3.65. The van der Waals surface area contributed by atoms with Gasteiger partial charge in [-0.2, -0.15) is 0 Å². The van der Waals surface area contributed by atoms with Crippen LogP contribution in [0.4, 0.5) is 0 Å². The molecule has 0 saturated carbocycles. The monoisotopic (exact) mass is 2020 g/mol. The fourth-order valence-electron chi connectivity index (χ4n) is 18.6. The van der Waals surface area contributed by atoms with Gasteiger partial charge in [-0.1, -0.05) is 170 Å². The molecule has 39 heteroatoms. The summed E-state index contributed by atoms with van der Waals surface area (Å²) >= 11 is 0. The number of aromatic nitrogens is 4. The Morgan fingerprint density at radius 1 is 0.476 bits per heavy atom. The molecule has 2 saturated heterocycles. The van der Waals surface area contributed by atoms with Crippen molar-refractivity contribution in [2.24, 2.45) is 47.3 Å². The first kappa shape index (κ1) is 122. The number of aliphatic hydroxyl groups is 2. The van der Waals surface area contributed by atoms with Crippen molar-refractivity contribution in [3.8, 4) is 11.4 Å². The van der Waals surface area contributed by atoms with E-state index in [-0.39, 0.29) is 234 Å². The van der Waals surface area contributed by atoms with Crippen LogP contribution in [0.5, 0.6) is 0 Å². The molecular weight excluding hydrogens is 1860 g/mol. The standard InChI is InChI=1S/C104H167N16O22P/c1-24-69(13)82(42-43-87(123)119-48-34-40-80(119)58-71(15)97(127)107-73(17)94(125)75-36-30-28-31-37-75)115(19)103(133)89(65(5)6)109-101(131)91(67(9)10)116(20)85(121)44-50-137-54-56-139-52-46-105-99(129)78-60-77(96-113-111-84(112-114-96)64-143(135,141-26-3)142-27-4)61-79(62-78)100(130)106-47-53-140-57-55-138-51-45-86(122)117(21)92(68(11)12)102(132)110-90(66(7)8)104(134)118(22)93(70(14)25-2)83(136-23)63-88(124)120-49-35-41-81(120)59-72(16)98(128)108-74(18)95(126)76-38-32-29-33-39-76/h28-33,36-39,60-62,65-74,80-83,89-95,125-126H,24-27,34-35,40-59,63-64H2,1-23H3,(H,105,129)(H,106,130)(H,107,127)(H,108,128)(H,109,131)(H,110,132)/t69-,70-,71+,72+,73+,74+,80-,81-,82+,83+,89-,90-,91-,92-,93-,94+,95+/m0/s1. The molecule has 800 valence electrons. The van der Waals surface area contributed by atoms with Crippen molar-refractivity contribution in [2.75, 3.05) is 128 Å². The third-order valence-corrected chi connectivity index (χ3v) is 29.2. The first-order valence-corrected chi connectivity index (χ1v) is 52.9. The Hall–Kier alpha value is -9.89. The SMILES string of the molecule is CCOP(=O)(Cc1nnc(-c2cc(C(=O)NCCOCCOCCC(=O)N(C)[C@H](C(=O)N[C@H](C(=O)N(C)[C@@H]([C@@H](C)CC)[C@@H](CC(=O)N3CCC[C@H]3C[C@@H](C)C(=O)N[C@H](C)[C@@H](O)c3ccccc3)OC)C(C)C)C(C)C)cc(C(=O)NCCOCCOCCC(=O)N(C)[C@H](C(=O)N[C@H](C(=O)N(C)[C@H](CCC(=O)N3CCC[C@H]3C[C@@H](C)C(=O)N[C@H](C)[C@@H](O)c3ccccc3)[C@@H](C)CC)C(C)C)C(C)C)c2)nn1)OCC. The fourth-order valence-corrected chi connectivity index (χ4v) is 20.1. The van der Waals surface area contributed by atoms with Gasteiger partial charge >= 0.3 is 7.60 Å². The lowest BCUT2D eigenvalue weighted by Crippen LogP contribution is -2.60. The maximum atomic E-state index is 14.8. The molecule has 0 spiro atoms. The number of nitrogens with zero attached hydrogens (tertiary/aromatic N) is 10. The van der Waals surface area contributed by atoms with Gasteiger partial charge in [-0.15, -0.1) is 20.4 Å². The van der Waals surface area contributed by atoms with E-state index < -0.39 is 110 Å². The smallest absolute Gasteiger partial charge is 0.338 e. The summed E-state index contributed by atoms with van der Waals surface area (Å²) in [4.78, 5) is 179. The van der Waals surface area contributed by atoms with Gasteiger partial charge in [0.15, 0.2) is 5.82 Å². The molecule has 6 rings (SSSR count). The lowest BCUT2D eigenvalue weighted by Gasteiger charge is -2.41. The molecule has 2 fully saturated rings. The number of methoxy groups -OCH3 is 1. The topological polar surface area (TPSA) is 470 Å². The molecule has 3 aromatic carbocycles. The van der Waals surface area contributed by atoms with Gasteiger partial charge in [0.2, 0.25) is 64.9 Å². The summed E-state index contributed by atoms with van der Waals surface area (Å²) in [6, 6.07) is 16.3. The van der Waals surface area contributed by atoms with Crippen LogP contribution in [0.3, 0.4) is 0 Å². The molecule has 0 aliphatic carbocycles. The molecule has 0 radical (unpaired) electrons. The number of ether oxygens (including phenoxy) is 5. The maximum absolute atomic E-state index is 14.8. The van der Waals surface area contributed by atoms with Crippen molar-refractivity contribution in [2.45, 2.75) is 293 Å². The highest BCUT2D eigenvalue weighted by molar-refractivity contribution is 7.53. The van der Waals surface area contributed by atoms with E-state index in [2.05, 4.69) is 52.3 Å². The van der Waals surface area contributed by atoms with E-state index in [0.29, 0.717) is 56.3 Å². The number of likely N-dealkylation sites (N-methyl/N-ethyl adjacent to an activating group) is 4. The third-order valence-electron chi connectivity index (χ3n) is 27.2. The molecule has 0 unspecified atom stereocenters. The zero-order valence-electron chi connectivity index (χ0n) is 88.9. The van der Waals surface area contributed by atoms with Crippen molar-refractivity contribution >= 4 is 78.5 Å². The van der Waals surface area contributed by atoms with Gasteiger partial charge in [-0.3, -0.25) is 62.1 Å². The largest absolute Gasteiger partial charge is 0.386 e. The van der Waals surface area contributed by atoms with Crippen molar-refractivity contribution < 1.29 is 105 Å². The number of rotatable bonds is 64. The number of carbonyl (C=O) groups is 12. The Balaban J connectivity index is 0.951. The Labute approximate surface area is 847 Å². The maximum Gasteiger partial charge on any atom is 0.338 e. The Bertz CT molecular complexity index is 4690. The van der Waals surface area contributed by atoms with Crippen LogP contribution in [0.2, 0.25) is 0 Å². The van der Waals surface area contributed by atoms with E-state index >= 15 is 0 Å². The first-order valence-electron chi connectivity index (χ1n) is 51.2. The second-order valence-corrected chi connectivity index (χ2v) is 41.5. The average molecular weight is 2020 g/mol. The van der Waals surface area contributed by atoms with Gasteiger partial charge in [0.05, 0.1) is 122 Å². The van der Waals surface area contributed by atoms with Crippen LogP contribution < -0.4 is 31.9 Å². The summed E-state index contributed by atoms with van der Waals surface area (Å²) in [7, 11) is 4.31. The predicted octanol–water partition coefficient (Wildman–Crippen LogP) is 9.70. The van der Waals surface area contributed by atoms with E-state index in [1.54, 1.807) is 70.8 Å². The van der Waals surface area contributed by atoms with Crippen LogP contribution in [0, 0.1) is 47.3 Å². The van der Waals surface area contributed by atoms with Gasteiger partial charge < -0.3 is 104 Å². The fraction of sp³-hybridized carbons (Fsp3) is 0.692. The van der Waals surface area contributed by atoms with Crippen molar-refractivity contribution in [1.82, 2.24) is 81.7 Å². The summed E-state index contributed by atoms with van der Waals surface area (Å²) in [5.41, 5.74) is 1.66. The molecule has 2 aliphatic rings. The van der Waals surface area contributed by atoms with Crippen molar-refractivity contribution in [1.29, 1.82) is 0 Å². The van der Waals surface area contributed by atoms with Crippen LogP contribution in [0.15, 0.2) is 78.9 Å². The summed E-state index contributed by atoms with van der Waals surface area (Å²) in [5, 5.41) is 55.9. The van der Waals surface area contributed by atoms with Gasteiger partial charge in [0.25, 0.3) is 11.8 Å².